The molecule has 0 saturated heterocycles. The van der Waals surface area contributed by atoms with Gasteiger partial charge in [0.05, 0.1) is 6.10 Å². The van der Waals surface area contributed by atoms with E-state index in [-0.39, 0.29) is 6.10 Å². The van der Waals surface area contributed by atoms with Gasteiger partial charge in [0.15, 0.2) is 0 Å². The Kier molecular flexibility index (Phi) is 4.02. The summed E-state index contributed by atoms with van der Waals surface area (Å²) in [5, 5.41) is 9.36. The van der Waals surface area contributed by atoms with Crippen LogP contribution in [0.25, 0.3) is 0 Å². The van der Waals surface area contributed by atoms with Crippen LogP contribution in [-0.2, 0) is 6.54 Å². The normalized spacial score (nSPS) is 17.4. The van der Waals surface area contributed by atoms with Gasteiger partial charge in [-0.05, 0) is 43.9 Å². The third-order valence-corrected chi connectivity index (χ3v) is 3.26. The smallest absolute Gasteiger partial charge is 0.0524 e. The lowest BCUT2D eigenvalue weighted by Crippen LogP contribution is -2.28. The maximum atomic E-state index is 9.36. The molecule has 0 aromatic heterocycles. The number of aliphatic hydroxyl groups excluding tert-OH is 1. The average molecular weight is 234 g/mol. The molecule has 0 aliphatic heterocycles. The Hall–Kier alpha value is -1.06. The van der Waals surface area contributed by atoms with Crippen molar-refractivity contribution in [2.45, 2.75) is 44.9 Å². The summed E-state index contributed by atoms with van der Waals surface area (Å²) in [6.45, 7) is 3.80. The van der Waals surface area contributed by atoms with Crippen LogP contribution < -0.4 is 5.73 Å². The van der Waals surface area contributed by atoms with Gasteiger partial charge in [-0.2, -0.15) is 0 Å². The largest absolute Gasteiger partial charge is 0.399 e. The third-order valence-electron chi connectivity index (χ3n) is 3.26. The highest BCUT2D eigenvalue weighted by atomic mass is 16.3. The molecule has 0 amide bonds. The summed E-state index contributed by atoms with van der Waals surface area (Å²) in [5.41, 5.74) is 7.80. The third kappa shape index (κ3) is 4.02. The number of aliphatic hydroxyl groups is 1. The van der Waals surface area contributed by atoms with Crippen LogP contribution in [-0.4, -0.2) is 28.7 Å². The Labute approximate surface area is 103 Å². The molecule has 94 valence electrons. The molecule has 17 heavy (non-hydrogen) atoms. The van der Waals surface area contributed by atoms with Crippen LogP contribution in [0.15, 0.2) is 24.3 Å². The number of nitrogen functional groups attached to an aromatic ring is 1. The first-order chi connectivity index (χ1) is 8.15. The fourth-order valence-corrected chi connectivity index (χ4v) is 2.04. The van der Waals surface area contributed by atoms with E-state index in [1.165, 1.54) is 18.4 Å². The Balaban J connectivity index is 1.90. The molecule has 1 aliphatic rings. The number of nitrogens with zero attached hydrogens (tertiary/aromatic N) is 1. The monoisotopic (exact) mass is 234 g/mol. The molecule has 1 aliphatic carbocycles. The Morgan fingerprint density at radius 3 is 2.53 bits per heavy atom. The molecule has 0 heterocycles. The van der Waals surface area contributed by atoms with E-state index in [0.717, 1.165) is 31.2 Å². The van der Waals surface area contributed by atoms with Crippen molar-refractivity contribution in [3.8, 4) is 0 Å². The van der Waals surface area contributed by atoms with E-state index in [2.05, 4.69) is 17.0 Å². The van der Waals surface area contributed by atoms with E-state index < -0.39 is 0 Å². The molecule has 0 bridgehead atoms. The Morgan fingerprint density at radius 2 is 2.00 bits per heavy atom. The summed E-state index contributed by atoms with van der Waals surface area (Å²) in [6.07, 6.45) is 3.25. The minimum Gasteiger partial charge on any atom is -0.399 e. The fraction of sp³-hybridized carbons (Fsp3) is 0.571. The van der Waals surface area contributed by atoms with E-state index >= 15 is 0 Å². The van der Waals surface area contributed by atoms with Crippen molar-refractivity contribution in [3.63, 3.8) is 0 Å². The second kappa shape index (κ2) is 5.52. The van der Waals surface area contributed by atoms with Crippen molar-refractivity contribution in [3.05, 3.63) is 29.8 Å². The van der Waals surface area contributed by atoms with Crippen LogP contribution in [0.5, 0.6) is 0 Å². The first-order valence-electron chi connectivity index (χ1n) is 6.41. The zero-order valence-corrected chi connectivity index (χ0v) is 10.5. The van der Waals surface area contributed by atoms with Gasteiger partial charge in [-0.25, -0.2) is 0 Å². The molecule has 0 radical (unpaired) electrons. The number of hydrogen-bond donors (Lipinski definition) is 2. The van der Waals surface area contributed by atoms with Crippen molar-refractivity contribution in [2.75, 3.05) is 12.3 Å². The molecule has 3 heteroatoms. The van der Waals surface area contributed by atoms with E-state index in [0.29, 0.717) is 0 Å². The van der Waals surface area contributed by atoms with Gasteiger partial charge in [0.1, 0.15) is 0 Å². The van der Waals surface area contributed by atoms with Gasteiger partial charge < -0.3 is 10.8 Å². The lowest BCUT2D eigenvalue weighted by Gasteiger charge is -2.22. The van der Waals surface area contributed by atoms with Gasteiger partial charge in [0.2, 0.25) is 0 Å². The van der Waals surface area contributed by atoms with Crippen LogP contribution in [0.4, 0.5) is 5.69 Å². The van der Waals surface area contributed by atoms with Crippen molar-refractivity contribution >= 4 is 5.69 Å². The van der Waals surface area contributed by atoms with Crippen LogP contribution in [0, 0.1) is 0 Å². The summed E-state index contributed by atoms with van der Waals surface area (Å²) in [7, 11) is 0. The number of hydrogen-bond acceptors (Lipinski definition) is 3. The topological polar surface area (TPSA) is 49.5 Å². The van der Waals surface area contributed by atoms with Crippen molar-refractivity contribution in [2.24, 2.45) is 0 Å². The van der Waals surface area contributed by atoms with Crippen LogP contribution in [0.1, 0.15) is 31.7 Å². The highest BCUT2D eigenvalue weighted by Crippen LogP contribution is 2.28. The minimum absolute atomic E-state index is 0.206. The van der Waals surface area contributed by atoms with Crippen LogP contribution in [0.3, 0.4) is 0 Å². The first kappa shape index (κ1) is 12.4. The second-order valence-corrected chi connectivity index (χ2v) is 5.08. The minimum atomic E-state index is -0.206. The maximum Gasteiger partial charge on any atom is 0.0524 e. The fourth-order valence-electron chi connectivity index (χ4n) is 2.04. The van der Waals surface area contributed by atoms with Crippen LogP contribution in [0.2, 0.25) is 0 Å². The van der Waals surface area contributed by atoms with E-state index in [4.69, 9.17) is 5.73 Å². The average Bonchev–Trinajstić information content (AvgIpc) is 3.10. The SMILES string of the molecule is CC(O)CCN(Cc1ccc(N)cc1)C1CC1. The van der Waals surface area contributed by atoms with Gasteiger partial charge in [0.25, 0.3) is 0 Å². The van der Waals surface area contributed by atoms with Gasteiger partial charge >= 0.3 is 0 Å². The molecule has 1 aromatic rings. The molecule has 1 aromatic carbocycles. The molecule has 3 N–H and O–H groups in total. The second-order valence-electron chi connectivity index (χ2n) is 5.08. The van der Waals surface area contributed by atoms with Crippen molar-refractivity contribution in [1.82, 2.24) is 4.90 Å². The summed E-state index contributed by atoms with van der Waals surface area (Å²) in [5.74, 6) is 0. The number of anilines is 1. The van der Waals surface area contributed by atoms with Gasteiger partial charge in [0, 0.05) is 24.8 Å². The highest BCUT2D eigenvalue weighted by Gasteiger charge is 2.28. The lowest BCUT2D eigenvalue weighted by atomic mass is 10.2. The zero-order chi connectivity index (χ0) is 12.3. The first-order valence-corrected chi connectivity index (χ1v) is 6.41. The quantitative estimate of drug-likeness (QED) is 0.740. The van der Waals surface area contributed by atoms with Gasteiger partial charge in [-0.1, -0.05) is 12.1 Å². The highest BCUT2D eigenvalue weighted by molar-refractivity contribution is 5.39. The van der Waals surface area contributed by atoms with E-state index in [1.54, 1.807) is 0 Å². The van der Waals surface area contributed by atoms with Gasteiger partial charge in [-0.3, -0.25) is 4.90 Å². The van der Waals surface area contributed by atoms with E-state index in [1.807, 2.05) is 19.1 Å². The predicted octanol–water partition coefficient (Wildman–Crippen LogP) is 2.00. The standard InChI is InChI=1S/C14H22N2O/c1-11(17)8-9-16(14-6-7-14)10-12-2-4-13(15)5-3-12/h2-5,11,14,17H,6-10,15H2,1H3. The zero-order valence-electron chi connectivity index (χ0n) is 10.5. The van der Waals surface area contributed by atoms with Crippen LogP contribution >= 0.6 is 0 Å². The van der Waals surface area contributed by atoms with Crippen molar-refractivity contribution in [1.29, 1.82) is 0 Å². The Bertz CT molecular complexity index is 344. The molecule has 3 nitrogen and oxygen atoms in total. The lowest BCUT2D eigenvalue weighted by molar-refractivity contribution is 0.150. The molecule has 1 saturated carbocycles. The summed E-state index contributed by atoms with van der Waals surface area (Å²) in [6, 6.07) is 8.82. The molecule has 1 unspecified atom stereocenters. The molecule has 0 spiro atoms. The molecular weight excluding hydrogens is 212 g/mol. The molecule has 1 atom stereocenters. The number of rotatable bonds is 6. The molecule has 1 fully saturated rings. The maximum absolute atomic E-state index is 9.36. The number of benzene rings is 1. The predicted molar refractivity (Wildman–Crippen MR) is 70.6 cm³/mol. The summed E-state index contributed by atoms with van der Waals surface area (Å²) >= 11 is 0. The van der Waals surface area contributed by atoms with Gasteiger partial charge in [-0.15, -0.1) is 0 Å². The van der Waals surface area contributed by atoms with E-state index in [9.17, 15) is 5.11 Å². The summed E-state index contributed by atoms with van der Waals surface area (Å²) < 4.78 is 0. The Morgan fingerprint density at radius 1 is 1.35 bits per heavy atom. The number of nitrogens with two attached hydrogens (primary N) is 1. The molecular formula is C14H22N2O. The summed E-state index contributed by atoms with van der Waals surface area (Å²) in [4.78, 5) is 2.47. The van der Waals surface area contributed by atoms with Crippen molar-refractivity contribution < 1.29 is 5.11 Å². The molecule has 2 rings (SSSR count).